The van der Waals surface area contributed by atoms with Gasteiger partial charge in [0.05, 0.1) is 12.9 Å². The first kappa shape index (κ1) is 10.3. The lowest BCUT2D eigenvalue weighted by Crippen LogP contribution is -2.26. The van der Waals surface area contributed by atoms with Crippen LogP contribution in [0, 0.1) is 0 Å². The minimum absolute atomic E-state index is 0.304. The third kappa shape index (κ3) is 3.59. The van der Waals surface area contributed by atoms with Crippen molar-refractivity contribution in [1.82, 2.24) is 10.2 Å². The summed E-state index contributed by atoms with van der Waals surface area (Å²) in [5.74, 6) is 0. The average Bonchev–Trinajstić information content (AvgIpc) is 2.65. The largest absolute Gasteiger partial charge is 0.363 e. The van der Waals surface area contributed by atoms with Crippen molar-refractivity contribution < 1.29 is 0 Å². The molecule has 1 heterocycles. The van der Waals surface area contributed by atoms with Gasteiger partial charge in [0.2, 0.25) is 0 Å². The van der Waals surface area contributed by atoms with Gasteiger partial charge in [-0.05, 0) is 19.9 Å². The van der Waals surface area contributed by atoms with E-state index in [4.69, 9.17) is 0 Å². The zero-order chi connectivity index (χ0) is 9.52. The van der Waals surface area contributed by atoms with Crippen molar-refractivity contribution in [1.29, 1.82) is 0 Å². The van der Waals surface area contributed by atoms with Crippen molar-refractivity contribution in [2.45, 2.75) is 18.9 Å². The van der Waals surface area contributed by atoms with Crippen LogP contribution in [0.3, 0.4) is 0 Å². The number of nitrogens with one attached hydrogen (secondary N) is 1. The highest BCUT2D eigenvalue weighted by Crippen LogP contribution is 2.03. The Bertz CT molecular complexity index is 171. The maximum Gasteiger partial charge on any atom is 0.0850 e. The summed E-state index contributed by atoms with van der Waals surface area (Å²) in [6.45, 7) is 6.86. The topological polar surface area (TPSA) is 27.6 Å². The van der Waals surface area contributed by atoms with Crippen molar-refractivity contribution in [3.8, 4) is 0 Å². The molecule has 1 saturated heterocycles. The van der Waals surface area contributed by atoms with Gasteiger partial charge in [0.15, 0.2) is 0 Å². The van der Waals surface area contributed by atoms with E-state index >= 15 is 0 Å². The minimum Gasteiger partial charge on any atom is -0.363 e. The molecule has 1 unspecified atom stereocenters. The monoisotopic (exact) mass is 181 g/mol. The Balaban J connectivity index is 2.19. The summed E-state index contributed by atoms with van der Waals surface area (Å²) >= 11 is 0. The lowest BCUT2D eigenvalue weighted by molar-refractivity contribution is 0.531. The second-order valence-corrected chi connectivity index (χ2v) is 3.35. The molecule has 0 spiro atoms. The Hall–Kier alpha value is -0.830. The van der Waals surface area contributed by atoms with E-state index in [0.29, 0.717) is 6.04 Å². The minimum atomic E-state index is 0.304. The van der Waals surface area contributed by atoms with E-state index in [1.54, 1.807) is 0 Å². The Morgan fingerprint density at radius 3 is 2.77 bits per heavy atom. The van der Waals surface area contributed by atoms with Crippen molar-refractivity contribution in [3.05, 3.63) is 12.7 Å². The predicted octanol–water partition coefficient (Wildman–Crippen LogP) is 0.884. The molecule has 1 N–H and O–H groups in total. The lowest BCUT2D eigenvalue weighted by atomic mass is 10.3. The molecule has 3 nitrogen and oxygen atoms in total. The standard InChI is InChI=1S/C10H19N3/c1-3-10(11-2)8-12-9-13-6-4-5-7-13/h3,9-11H,1,4-8H2,2H3. The van der Waals surface area contributed by atoms with Crippen LogP contribution in [0.2, 0.25) is 0 Å². The smallest absolute Gasteiger partial charge is 0.0850 e. The van der Waals surface area contributed by atoms with Crippen LogP contribution >= 0.6 is 0 Å². The first-order valence-electron chi connectivity index (χ1n) is 4.90. The molecule has 74 valence electrons. The zero-order valence-electron chi connectivity index (χ0n) is 8.37. The summed E-state index contributed by atoms with van der Waals surface area (Å²) in [7, 11) is 1.93. The van der Waals surface area contributed by atoms with Crippen LogP contribution in [0.4, 0.5) is 0 Å². The molecule has 1 atom stereocenters. The molecule has 0 aromatic rings. The molecule has 1 fully saturated rings. The molecule has 1 aliphatic heterocycles. The van der Waals surface area contributed by atoms with Gasteiger partial charge in [-0.2, -0.15) is 0 Å². The second-order valence-electron chi connectivity index (χ2n) is 3.35. The molecule has 1 aliphatic rings. The summed E-state index contributed by atoms with van der Waals surface area (Å²) in [6, 6.07) is 0.304. The van der Waals surface area contributed by atoms with Gasteiger partial charge in [-0.1, -0.05) is 6.08 Å². The molecule has 0 saturated carbocycles. The number of hydrogen-bond donors (Lipinski definition) is 1. The van der Waals surface area contributed by atoms with E-state index in [9.17, 15) is 0 Å². The van der Waals surface area contributed by atoms with Crippen LogP contribution in [0.5, 0.6) is 0 Å². The summed E-state index contributed by atoms with van der Waals surface area (Å²) in [5, 5.41) is 3.13. The summed E-state index contributed by atoms with van der Waals surface area (Å²) in [5.41, 5.74) is 0. The summed E-state index contributed by atoms with van der Waals surface area (Å²) in [6.07, 6.45) is 6.48. The number of likely N-dealkylation sites (tertiary alicyclic amines) is 1. The van der Waals surface area contributed by atoms with Gasteiger partial charge in [0, 0.05) is 19.1 Å². The number of likely N-dealkylation sites (N-methyl/N-ethyl adjacent to an activating group) is 1. The predicted molar refractivity (Wildman–Crippen MR) is 57.2 cm³/mol. The Kier molecular flexibility index (Phi) is 4.54. The molecule has 0 bridgehead atoms. The van der Waals surface area contributed by atoms with E-state index < -0.39 is 0 Å². The van der Waals surface area contributed by atoms with E-state index in [-0.39, 0.29) is 0 Å². The highest BCUT2D eigenvalue weighted by molar-refractivity contribution is 5.55. The lowest BCUT2D eigenvalue weighted by Gasteiger charge is -2.11. The van der Waals surface area contributed by atoms with Crippen LogP contribution in [-0.4, -0.2) is 44.0 Å². The maximum atomic E-state index is 4.36. The van der Waals surface area contributed by atoms with Crippen LogP contribution in [-0.2, 0) is 0 Å². The molecule has 0 aliphatic carbocycles. The fourth-order valence-corrected chi connectivity index (χ4v) is 1.42. The van der Waals surface area contributed by atoms with E-state index in [1.165, 1.54) is 25.9 Å². The molecule has 1 rings (SSSR count). The Labute approximate surface area is 80.5 Å². The Morgan fingerprint density at radius 2 is 2.23 bits per heavy atom. The van der Waals surface area contributed by atoms with Gasteiger partial charge in [-0.25, -0.2) is 0 Å². The van der Waals surface area contributed by atoms with Crippen molar-refractivity contribution in [3.63, 3.8) is 0 Å². The molecule has 0 amide bonds. The Morgan fingerprint density at radius 1 is 1.54 bits per heavy atom. The fourth-order valence-electron chi connectivity index (χ4n) is 1.42. The van der Waals surface area contributed by atoms with E-state index in [0.717, 1.165) is 6.54 Å². The average molecular weight is 181 g/mol. The van der Waals surface area contributed by atoms with Gasteiger partial charge in [0.25, 0.3) is 0 Å². The molecule has 0 aromatic carbocycles. The zero-order valence-corrected chi connectivity index (χ0v) is 8.37. The number of hydrogen-bond acceptors (Lipinski definition) is 2. The third-order valence-corrected chi connectivity index (χ3v) is 2.34. The van der Waals surface area contributed by atoms with Crippen LogP contribution in [0.25, 0.3) is 0 Å². The third-order valence-electron chi connectivity index (χ3n) is 2.34. The highest BCUT2D eigenvalue weighted by Gasteiger charge is 2.06. The van der Waals surface area contributed by atoms with Crippen molar-refractivity contribution in [2.24, 2.45) is 4.99 Å². The molecule has 0 aromatic heterocycles. The van der Waals surface area contributed by atoms with Crippen molar-refractivity contribution >= 4 is 6.34 Å². The molecule has 0 radical (unpaired) electrons. The molecular weight excluding hydrogens is 162 g/mol. The first-order valence-corrected chi connectivity index (χ1v) is 4.90. The molecule has 13 heavy (non-hydrogen) atoms. The highest BCUT2D eigenvalue weighted by atomic mass is 15.2. The number of aliphatic imine (C=N–C) groups is 1. The van der Waals surface area contributed by atoms with Gasteiger partial charge >= 0.3 is 0 Å². The van der Waals surface area contributed by atoms with E-state index in [1.807, 2.05) is 19.5 Å². The van der Waals surface area contributed by atoms with Gasteiger partial charge in [0.1, 0.15) is 0 Å². The SMILES string of the molecule is C=CC(CN=CN1CCCC1)NC. The van der Waals surface area contributed by atoms with Crippen LogP contribution in [0.15, 0.2) is 17.6 Å². The second kappa shape index (κ2) is 5.75. The quantitative estimate of drug-likeness (QED) is 0.387. The first-order chi connectivity index (χ1) is 6.36. The van der Waals surface area contributed by atoms with E-state index in [2.05, 4.69) is 21.8 Å². The normalized spacial score (nSPS) is 19.6. The van der Waals surface area contributed by atoms with Crippen molar-refractivity contribution in [2.75, 3.05) is 26.7 Å². The van der Waals surface area contributed by atoms with Crippen LogP contribution < -0.4 is 5.32 Å². The summed E-state index contributed by atoms with van der Waals surface area (Å²) < 4.78 is 0. The van der Waals surface area contributed by atoms with Crippen LogP contribution in [0.1, 0.15) is 12.8 Å². The van der Waals surface area contributed by atoms with Gasteiger partial charge in [-0.15, -0.1) is 6.58 Å². The fraction of sp³-hybridized carbons (Fsp3) is 0.700. The number of rotatable bonds is 5. The number of nitrogens with zero attached hydrogens (tertiary/aromatic N) is 2. The summed E-state index contributed by atoms with van der Waals surface area (Å²) in [4.78, 5) is 6.64. The maximum absolute atomic E-state index is 4.36. The van der Waals surface area contributed by atoms with Gasteiger partial charge < -0.3 is 10.2 Å². The van der Waals surface area contributed by atoms with Gasteiger partial charge in [-0.3, -0.25) is 4.99 Å². The molecule has 3 heteroatoms. The molecular formula is C10H19N3.